The third-order valence-corrected chi connectivity index (χ3v) is 4.36. The number of hydrogen-bond acceptors (Lipinski definition) is 3. The van der Waals surface area contributed by atoms with Crippen LogP contribution in [0.4, 0.5) is 0 Å². The minimum atomic E-state index is 0.229. The van der Waals surface area contributed by atoms with Crippen LogP contribution in [0.5, 0.6) is 0 Å². The average molecular weight is 283 g/mol. The van der Waals surface area contributed by atoms with Crippen LogP contribution in [-0.4, -0.2) is 37.2 Å². The van der Waals surface area contributed by atoms with Crippen LogP contribution in [0.25, 0.3) is 0 Å². The van der Waals surface area contributed by atoms with Crippen molar-refractivity contribution in [1.29, 1.82) is 0 Å². The number of nitrogens with two attached hydrogens (primary N) is 1. The largest absolute Gasteiger partial charge is 0.378 e. The first-order valence-corrected chi connectivity index (χ1v) is 7.34. The molecule has 1 aliphatic rings. The summed E-state index contributed by atoms with van der Waals surface area (Å²) in [6, 6.07) is 6.94. The van der Waals surface area contributed by atoms with Gasteiger partial charge < -0.3 is 10.5 Å². The summed E-state index contributed by atoms with van der Waals surface area (Å²) in [5, 5.41) is 0.817. The quantitative estimate of drug-likeness (QED) is 0.923. The van der Waals surface area contributed by atoms with E-state index in [0.717, 1.165) is 36.8 Å². The van der Waals surface area contributed by atoms with E-state index >= 15 is 0 Å². The van der Waals surface area contributed by atoms with Gasteiger partial charge in [0, 0.05) is 30.2 Å². The lowest BCUT2D eigenvalue weighted by Crippen LogP contribution is -2.48. The summed E-state index contributed by atoms with van der Waals surface area (Å²) < 4.78 is 5.57. The van der Waals surface area contributed by atoms with Gasteiger partial charge in [0.15, 0.2) is 0 Å². The molecule has 2 N–H and O–H groups in total. The number of ether oxygens (including phenoxy) is 1. The van der Waals surface area contributed by atoms with Gasteiger partial charge in [0.05, 0.1) is 13.2 Å². The molecule has 0 saturated carbocycles. The number of halogens is 1. The van der Waals surface area contributed by atoms with Gasteiger partial charge in [-0.3, -0.25) is 4.90 Å². The van der Waals surface area contributed by atoms with Gasteiger partial charge in [-0.05, 0) is 30.5 Å². The molecule has 2 rings (SSSR count). The molecule has 2 atom stereocenters. The van der Waals surface area contributed by atoms with Crippen molar-refractivity contribution in [3.63, 3.8) is 0 Å². The molecule has 0 aromatic heterocycles. The second-order valence-electron chi connectivity index (χ2n) is 5.13. The van der Waals surface area contributed by atoms with Crippen LogP contribution in [0, 0.1) is 6.92 Å². The molecule has 4 heteroatoms. The molecule has 1 saturated heterocycles. The van der Waals surface area contributed by atoms with Gasteiger partial charge in [0.1, 0.15) is 0 Å². The summed E-state index contributed by atoms with van der Waals surface area (Å²) in [6.07, 6.45) is 1.08. The first-order valence-electron chi connectivity index (χ1n) is 6.97. The van der Waals surface area contributed by atoms with Crippen molar-refractivity contribution in [3.05, 3.63) is 34.3 Å². The van der Waals surface area contributed by atoms with Crippen molar-refractivity contribution >= 4 is 11.6 Å². The molecule has 1 aromatic carbocycles. The van der Waals surface area contributed by atoms with Crippen LogP contribution >= 0.6 is 11.6 Å². The van der Waals surface area contributed by atoms with Gasteiger partial charge in [-0.15, -0.1) is 0 Å². The highest BCUT2D eigenvalue weighted by molar-refractivity contribution is 6.31. The van der Waals surface area contributed by atoms with Gasteiger partial charge >= 0.3 is 0 Å². The zero-order valence-corrected chi connectivity index (χ0v) is 12.5. The van der Waals surface area contributed by atoms with E-state index in [1.807, 2.05) is 6.92 Å². The van der Waals surface area contributed by atoms with E-state index in [1.54, 1.807) is 0 Å². The van der Waals surface area contributed by atoms with E-state index in [9.17, 15) is 0 Å². The lowest BCUT2D eigenvalue weighted by molar-refractivity contribution is -0.0291. The number of rotatable bonds is 4. The van der Waals surface area contributed by atoms with Gasteiger partial charge in [-0.1, -0.05) is 30.7 Å². The van der Waals surface area contributed by atoms with E-state index in [0.29, 0.717) is 12.6 Å². The summed E-state index contributed by atoms with van der Waals surface area (Å²) in [7, 11) is 0. The SMILES string of the molecule is CCC1COCCN1C(CN)c1ccc(C)c(Cl)c1. The Labute approximate surface area is 120 Å². The molecule has 0 amide bonds. The third-order valence-electron chi connectivity index (χ3n) is 3.95. The van der Waals surface area contributed by atoms with E-state index in [4.69, 9.17) is 22.1 Å². The molecule has 1 aromatic rings. The van der Waals surface area contributed by atoms with Gasteiger partial charge in [0.25, 0.3) is 0 Å². The fourth-order valence-corrected chi connectivity index (χ4v) is 2.90. The predicted octanol–water partition coefficient (Wildman–Crippen LogP) is 2.76. The Hall–Kier alpha value is -0.610. The molecule has 106 valence electrons. The van der Waals surface area contributed by atoms with Crippen LogP contribution in [0.2, 0.25) is 5.02 Å². The highest BCUT2D eigenvalue weighted by Gasteiger charge is 2.28. The minimum Gasteiger partial charge on any atom is -0.378 e. The monoisotopic (exact) mass is 282 g/mol. The predicted molar refractivity (Wildman–Crippen MR) is 79.6 cm³/mol. The Morgan fingerprint density at radius 1 is 1.53 bits per heavy atom. The fraction of sp³-hybridized carbons (Fsp3) is 0.600. The van der Waals surface area contributed by atoms with Gasteiger partial charge in [0.2, 0.25) is 0 Å². The van der Waals surface area contributed by atoms with Crippen LogP contribution in [0.1, 0.15) is 30.5 Å². The number of benzene rings is 1. The standard InChI is InChI=1S/C15H23ClN2O/c1-3-13-10-19-7-6-18(13)15(9-17)12-5-4-11(2)14(16)8-12/h4-5,8,13,15H,3,6-7,9-10,17H2,1-2H3. The van der Waals surface area contributed by atoms with Crippen molar-refractivity contribution in [1.82, 2.24) is 4.90 Å². The first kappa shape index (κ1) is 14.8. The minimum absolute atomic E-state index is 0.229. The number of morpholine rings is 1. The highest BCUT2D eigenvalue weighted by atomic mass is 35.5. The molecular weight excluding hydrogens is 260 g/mol. The highest BCUT2D eigenvalue weighted by Crippen LogP contribution is 2.28. The molecule has 0 radical (unpaired) electrons. The summed E-state index contributed by atoms with van der Waals surface area (Å²) in [4.78, 5) is 2.46. The number of hydrogen-bond donors (Lipinski definition) is 1. The molecule has 0 aliphatic carbocycles. The van der Waals surface area contributed by atoms with E-state index in [2.05, 4.69) is 30.0 Å². The molecule has 19 heavy (non-hydrogen) atoms. The molecule has 0 bridgehead atoms. The Kier molecular flexibility index (Phi) is 5.22. The molecule has 1 fully saturated rings. The van der Waals surface area contributed by atoms with Gasteiger partial charge in [-0.25, -0.2) is 0 Å². The van der Waals surface area contributed by atoms with Crippen LogP contribution in [0.15, 0.2) is 18.2 Å². The smallest absolute Gasteiger partial charge is 0.0622 e. The zero-order chi connectivity index (χ0) is 13.8. The third kappa shape index (κ3) is 3.29. The number of nitrogens with zero attached hydrogens (tertiary/aromatic N) is 1. The van der Waals surface area contributed by atoms with Crippen molar-refractivity contribution in [3.8, 4) is 0 Å². The molecule has 3 nitrogen and oxygen atoms in total. The van der Waals surface area contributed by atoms with Crippen molar-refractivity contribution in [2.75, 3.05) is 26.3 Å². The summed E-state index contributed by atoms with van der Waals surface area (Å²) in [6.45, 7) is 7.34. The molecule has 2 unspecified atom stereocenters. The van der Waals surface area contributed by atoms with Crippen LogP contribution in [-0.2, 0) is 4.74 Å². The fourth-order valence-electron chi connectivity index (χ4n) is 2.71. The van der Waals surface area contributed by atoms with E-state index < -0.39 is 0 Å². The zero-order valence-electron chi connectivity index (χ0n) is 11.7. The maximum atomic E-state index is 6.24. The van der Waals surface area contributed by atoms with Crippen molar-refractivity contribution < 1.29 is 4.74 Å². The topological polar surface area (TPSA) is 38.5 Å². The lowest BCUT2D eigenvalue weighted by Gasteiger charge is -2.40. The molecule has 0 spiro atoms. The number of aryl methyl sites for hydroxylation is 1. The van der Waals surface area contributed by atoms with E-state index in [-0.39, 0.29) is 6.04 Å². The Morgan fingerprint density at radius 3 is 2.95 bits per heavy atom. The second-order valence-corrected chi connectivity index (χ2v) is 5.54. The van der Waals surface area contributed by atoms with Crippen molar-refractivity contribution in [2.45, 2.75) is 32.4 Å². The van der Waals surface area contributed by atoms with Crippen LogP contribution < -0.4 is 5.73 Å². The first-order chi connectivity index (χ1) is 9.17. The molecule has 1 heterocycles. The van der Waals surface area contributed by atoms with Gasteiger partial charge in [-0.2, -0.15) is 0 Å². The molecule has 1 aliphatic heterocycles. The Morgan fingerprint density at radius 2 is 2.32 bits per heavy atom. The Balaban J connectivity index is 2.24. The average Bonchev–Trinajstić information content (AvgIpc) is 2.44. The van der Waals surface area contributed by atoms with Crippen LogP contribution in [0.3, 0.4) is 0 Å². The normalized spacial score (nSPS) is 22.4. The maximum Gasteiger partial charge on any atom is 0.0622 e. The van der Waals surface area contributed by atoms with E-state index in [1.165, 1.54) is 5.56 Å². The summed E-state index contributed by atoms with van der Waals surface area (Å²) in [5.74, 6) is 0. The summed E-state index contributed by atoms with van der Waals surface area (Å²) >= 11 is 6.24. The summed E-state index contributed by atoms with van der Waals surface area (Å²) in [5.41, 5.74) is 8.33. The Bertz CT molecular complexity index is 425. The lowest BCUT2D eigenvalue weighted by atomic mass is 10.0. The van der Waals surface area contributed by atoms with Crippen molar-refractivity contribution in [2.24, 2.45) is 5.73 Å². The molecular formula is C15H23ClN2O. The maximum absolute atomic E-state index is 6.24. The second kappa shape index (κ2) is 6.71.